The highest BCUT2D eigenvalue weighted by Crippen LogP contribution is 2.44. The number of fused-ring (bicyclic) bond motifs is 1. The van der Waals surface area contributed by atoms with Crippen LogP contribution in [-0.4, -0.2) is 21.6 Å². The number of carbonyl (C=O) groups excluding carboxylic acids is 1. The van der Waals surface area contributed by atoms with Gasteiger partial charge < -0.3 is 0 Å². The summed E-state index contributed by atoms with van der Waals surface area (Å²) in [6, 6.07) is 25.9. The average molecular weight is 393 g/mol. The quantitative estimate of drug-likeness (QED) is 0.588. The predicted octanol–water partition coefficient (Wildman–Crippen LogP) is 5.52. The molecule has 3 aromatic rings. The molecule has 0 saturated heterocycles. The predicted molar refractivity (Wildman–Crippen MR) is 119 cm³/mol. The number of pyridine rings is 1. The maximum Gasteiger partial charge on any atom is 0.293 e. The molecule has 0 unspecified atom stereocenters. The largest absolute Gasteiger partial charge is 0.293 e. The van der Waals surface area contributed by atoms with E-state index in [1.807, 2.05) is 48.5 Å². The van der Waals surface area contributed by atoms with E-state index in [0.29, 0.717) is 5.69 Å². The Hall–Kier alpha value is -3.53. The molecule has 1 amide bonds. The van der Waals surface area contributed by atoms with E-state index in [1.54, 1.807) is 17.3 Å². The molecule has 1 fully saturated rings. The zero-order chi connectivity index (χ0) is 20.3. The number of hydrogen-bond donors (Lipinski definition) is 0. The minimum atomic E-state index is -0.148. The lowest BCUT2D eigenvalue weighted by Crippen LogP contribution is -2.32. The van der Waals surface area contributed by atoms with Gasteiger partial charge in [0.15, 0.2) is 0 Å². The number of hydrogen-bond acceptors (Lipinski definition) is 3. The van der Waals surface area contributed by atoms with E-state index < -0.39 is 0 Å². The van der Waals surface area contributed by atoms with E-state index in [2.05, 4.69) is 35.3 Å². The van der Waals surface area contributed by atoms with Gasteiger partial charge in [-0.2, -0.15) is 5.10 Å². The summed E-state index contributed by atoms with van der Waals surface area (Å²) in [5, 5.41) is 6.58. The highest BCUT2D eigenvalue weighted by atomic mass is 16.2. The summed E-state index contributed by atoms with van der Waals surface area (Å²) in [6.07, 6.45) is 6.98. The van der Waals surface area contributed by atoms with Crippen LogP contribution in [0.2, 0.25) is 0 Å². The second-order valence-corrected chi connectivity index (χ2v) is 7.78. The lowest BCUT2D eigenvalue weighted by molar-refractivity contribution is 0.0675. The van der Waals surface area contributed by atoms with E-state index >= 15 is 0 Å². The highest BCUT2D eigenvalue weighted by molar-refractivity contribution is 6.09. The molecule has 2 aliphatic rings. The monoisotopic (exact) mass is 393 g/mol. The van der Waals surface area contributed by atoms with Crippen LogP contribution in [0.4, 0.5) is 0 Å². The Bertz CT molecular complexity index is 1090. The molecule has 2 aromatic carbocycles. The molecule has 1 aliphatic heterocycles. The van der Waals surface area contributed by atoms with Gasteiger partial charge in [-0.25, -0.2) is 5.01 Å². The van der Waals surface area contributed by atoms with Crippen LogP contribution in [0.1, 0.15) is 46.9 Å². The molecular weight excluding hydrogens is 370 g/mol. The van der Waals surface area contributed by atoms with Gasteiger partial charge in [-0.3, -0.25) is 9.78 Å². The molecule has 4 nitrogen and oxygen atoms in total. The SMILES string of the molecule is O=C(c1ccccn1)N1N=C2/C(=C\c3ccccc3)CCC[C@@H]2[C@H]1c1ccccc1. The summed E-state index contributed by atoms with van der Waals surface area (Å²) >= 11 is 0. The summed E-state index contributed by atoms with van der Waals surface area (Å²) in [6.45, 7) is 0. The van der Waals surface area contributed by atoms with Gasteiger partial charge in [0.25, 0.3) is 5.91 Å². The normalized spacial score (nSPS) is 21.9. The Kier molecular flexibility index (Phi) is 4.98. The Morgan fingerprint density at radius 1 is 0.933 bits per heavy atom. The van der Waals surface area contributed by atoms with Crippen molar-refractivity contribution >= 4 is 17.7 Å². The molecule has 0 bridgehead atoms. The molecule has 2 atom stereocenters. The van der Waals surface area contributed by atoms with E-state index in [0.717, 1.165) is 30.5 Å². The number of carbonyl (C=O) groups is 1. The number of allylic oxidation sites excluding steroid dienone is 1. The fourth-order valence-electron chi connectivity index (χ4n) is 4.51. The molecule has 5 rings (SSSR count). The summed E-state index contributed by atoms with van der Waals surface area (Å²) in [7, 11) is 0. The second kappa shape index (κ2) is 8.07. The van der Waals surface area contributed by atoms with E-state index in [1.165, 1.54) is 11.1 Å². The highest BCUT2D eigenvalue weighted by Gasteiger charge is 2.44. The summed E-state index contributed by atoms with van der Waals surface area (Å²) in [5.41, 5.74) is 4.99. The first-order valence-electron chi connectivity index (χ1n) is 10.5. The zero-order valence-electron chi connectivity index (χ0n) is 16.7. The van der Waals surface area contributed by atoms with Crippen LogP contribution >= 0.6 is 0 Å². The van der Waals surface area contributed by atoms with Crippen molar-refractivity contribution in [1.29, 1.82) is 0 Å². The number of benzene rings is 2. The first kappa shape index (κ1) is 18.5. The van der Waals surface area contributed by atoms with Gasteiger partial charge in [-0.1, -0.05) is 66.7 Å². The number of hydrazone groups is 1. The van der Waals surface area contributed by atoms with Gasteiger partial charge in [-0.15, -0.1) is 0 Å². The Labute approximate surface area is 176 Å². The lowest BCUT2D eigenvalue weighted by atomic mass is 9.77. The minimum absolute atomic E-state index is 0.102. The van der Waals surface area contributed by atoms with Gasteiger partial charge in [0.2, 0.25) is 0 Å². The van der Waals surface area contributed by atoms with E-state index in [9.17, 15) is 4.79 Å². The van der Waals surface area contributed by atoms with Crippen LogP contribution in [0.15, 0.2) is 95.7 Å². The van der Waals surface area contributed by atoms with Crippen molar-refractivity contribution in [1.82, 2.24) is 9.99 Å². The standard InChI is InChI=1S/C26H23N3O/c30-26(23-16-7-8-17-27-23)29-25(20-12-5-2-6-13-20)22-15-9-14-21(24(22)28-29)18-19-10-3-1-4-11-19/h1-8,10-13,16-18,22,25H,9,14-15H2/b21-18-/t22-,25+/m0/s1. The molecular formula is C26H23N3O. The van der Waals surface area contributed by atoms with Crippen LogP contribution in [0, 0.1) is 5.92 Å². The first-order valence-corrected chi connectivity index (χ1v) is 10.5. The van der Waals surface area contributed by atoms with E-state index in [4.69, 9.17) is 5.10 Å². The van der Waals surface area contributed by atoms with Crippen LogP contribution in [0.25, 0.3) is 6.08 Å². The number of nitrogens with zero attached hydrogens (tertiary/aromatic N) is 3. The van der Waals surface area contributed by atoms with Gasteiger partial charge >= 0.3 is 0 Å². The maximum absolute atomic E-state index is 13.4. The molecule has 4 heteroatoms. The van der Waals surface area contributed by atoms with Gasteiger partial charge in [0.05, 0.1) is 11.8 Å². The number of rotatable bonds is 3. The number of amides is 1. The van der Waals surface area contributed by atoms with Crippen molar-refractivity contribution in [2.24, 2.45) is 11.0 Å². The van der Waals surface area contributed by atoms with Crippen molar-refractivity contribution in [3.8, 4) is 0 Å². The second-order valence-electron chi connectivity index (χ2n) is 7.78. The molecule has 148 valence electrons. The third-order valence-electron chi connectivity index (χ3n) is 5.88. The third kappa shape index (κ3) is 3.45. The van der Waals surface area contributed by atoms with Gasteiger partial charge in [-0.05, 0) is 54.2 Å². The molecule has 1 saturated carbocycles. The van der Waals surface area contributed by atoms with Gasteiger partial charge in [0, 0.05) is 12.1 Å². The molecule has 30 heavy (non-hydrogen) atoms. The molecule has 0 spiro atoms. The van der Waals surface area contributed by atoms with Crippen molar-refractivity contribution in [2.75, 3.05) is 0 Å². The van der Waals surface area contributed by atoms with Crippen molar-refractivity contribution in [2.45, 2.75) is 25.3 Å². The van der Waals surface area contributed by atoms with Crippen molar-refractivity contribution in [3.63, 3.8) is 0 Å². The Morgan fingerprint density at radius 3 is 2.40 bits per heavy atom. The summed E-state index contributed by atoms with van der Waals surface area (Å²) in [5.74, 6) is 0.0502. The van der Waals surface area contributed by atoms with Crippen LogP contribution < -0.4 is 0 Å². The average Bonchev–Trinajstić information content (AvgIpc) is 3.21. The molecule has 0 radical (unpaired) electrons. The Morgan fingerprint density at radius 2 is 1.67 bits per heavy atom. The smallest absolute Gasteiger partial charge is 0.265 e. The van der Waals surface area contributed by atoms with Crippen LogP contribution in [0.5, 0.6) is 0 Å². The molecule has 1 aliphatic carbocycles. The molecule has 0 N–H and O–H groups in total. The Balaban J connectivity index is 1.58. The maximum atomic E-state index is 13.4. The van der Waals surface area contributed by atoms with Crippen LogP contribution in [0.3, 0.4) is 0 Å². The minimum Gasteiger partial charge on any atom is -0.265 e. The van der Waals surface area contributed by atoms with E-state index in [-0.39, 0.29) is 17.9 Å². The third-order valence-corrected chi connectivity index (χ3v) is 5.88. The van der Waals surface area contributed by atoms with Crippen LogP contribution in [-0.2, 0) is 0 Å². The topological polar surface area (TPSA) is 45.6 Å². The summed E-state index contributed by atoms with van der Waals surface area (Å²) < 4.78 is 0. The number of aromatic nitrogens is 1. The lowest BCUT2D eigenvalue weighted by Gasteiger charge is -2.29. The molecule has 2 heterocycles. The van der Waals surface area contributed by atoms with Crippen molar-refractivity contribution in [3.05, 3.63) is 107 Å². The zero-order valence-corrected chi connectivity index (χ0v) is 16.7. The first-order chi connectivity index (χ1) is 14.8. The van der Waals surface area contributed by atoms with Crippen molar-refractivity contribution < 1.29 is 4.79 Å². The van der Waals surface area contributed by atoms with Gasteiger partial charge in [0.1, 0.15) is 5.69 Å². The summed E-state index contributed by atoms with van der Waals surface area (Å²) in [4.78, 5) is 17.7. The fourth-order valence-corrected chi connectivity index (χ4v) is 4.51. The fraction of sp³-hybridized carbons (Fsp3) is 0.192. The molecule has 1 aromatic heterocycles.